The fraction of sp³-hybridized carbons (Fsp3) is 1.00. The van der Waals surface area contributed by atoms with Crippen molar-refractivity contribution in [3.05, 3.63) is 0 Å². The van der Waals surface area contributed by atoms with Gasteiger partial charge in [0.1, 0.15) is 0 Å². The van der Waals surface area contributed by atoms with E-state index < -0.39 is 0 Å². The van der Waals surface area contributed by atoms with Crippen LogP contribution in [0.5, 0.6) is 0 Å². The van der Waals surface area contributed by atoms with Crippen LogP contribution in [0.2, 0.25) is 0 Å². The Hall–Kier alpha value is -0.120. The minimum absolute atomic E-state index is 0.174. The van der Waals surface area contributed by atoms with E-state index in [2.05, 4.69) is 44.8 Å². The quantitative estimate of drug-likeness (QED) is 0.559. The Morgan fingerprint density at radius 3 is 2.28 bits per heavy atom. The van der Waals surface area contributed by atoms with Gasteiger partial charge >= 0.3 is 0 Å². The Morgan fingerprint density at radius 2 is 1.83 bits per heavy atom. The number of hydrogen-bond donors (Lipinski definition) is 2. The summed E-state index contributed by atoms with van der Waals surface area (Å²) >= 11 is 0. The highest BCUT2D eigenvalue weighted by atomic mass is 16.3. The summed E-state index contributed by atoms with van der Waals surface area (Å²) in [5, 5.41) is 13.1. The molecule has 0 rings (SSSR count). The number of nitrogens with one attached hydrogen (secondary N) is 1. The van der Waals surface area contributed by atoms with Gasteiger partial charge in [-0.2, -0.15) is 0 Å². The number of nitrogens with zero attached hydrogens (tertiary/aromatic N) is 1. The summed E-state index contributed by atoms with van der Waals surface area (Å²) in [4.78, 5) is 2.48. The average Bonchev–Trinajstić information content (AvgIpc) is 2.35. The molecule has 0 spiro atoms. The largest absolute Gasteiger partial charge is 0.394 e. The van der Waals surface area contributed by atoms with E-state index in [9.17, 15) is 5.11 Å². The smallest absolute Gasteiger partial charge is 0.0623 e. The Bertz CT molecular complexity index is 197. The van der Waals surface area contributed by atoms with Gasteiger partial charge in [0.05, 0.1) is 12.1 Å². The van der Waals surface area contributed by atoms with E-state index in [1.807, 2.05) is 0 Å². The second-order valence-electron chi connectivity index (χ2n) is 5.92. The first-order chi connectivity index (χ1) is 8.49. The molecule has 110 valence electrons. The molecule has 1 unspecified atom stereocenters. The third-order valence-electron chi connectivity index (χ3n) is 3.48. The lowest BCUT2D eigenvalue weighted by atomic mass is 10.0. The van der Waals surface area contributed by atoms with Gasteiger partial charge in [-0.05, 0) is 46.7 Å². The van der Waals surface area contributed by atoms with Gasteiger partial charge in [-0.3, -0.25) is 4.90 Å². The van der Waals surface area contributed by atoms with Crippen molar-refractivity contribution in [3.8, 4) is 0 Å². The Morgan fingerprint density at radius 1 is 1.17 bits per heavy atom. The van der Waals surface area contributed by atoms with Gasteiger partial charge in [-0.25, -0.2) is 0 Å². The van der Waals surface area contributed by atoms with Crippen molar-refractivity contribution in [2.24, 2.45) is 0 Å². The van der Waals surface area contributed by atoms with Crippen LogP contribution in [0.1, 0.15) is 60.3 Å². The first-order valence-corrected chi connectivity index (χ1v) is 7.59. The molecule has 0 aliphatic carbocycles. The van der Waals surface area contributed by atoms with Crippen LogP contribution in [0.25, 0.3) is 0 Å². The molecule has 18 heavy (non-hydrogen) atoms. The maximum absolute atomic E-state index is 9.63. The van der Waals surface area contributed by atoms with Crippen LogP contribution < -0.4 is 5.32 Å². The molecule has 3 heteroatoms. The Kier molecular flexibility index (Phi) is 9.70. The van der Waals surface area contributed by atoms with E-state index in [1.165, 1.54) is 19.3 Å². The van der Waals surface area contributed by atoms with Crippen molar-refractivity contribution in [2.75, 3.05) is 26.2 Å². The van der Waals surface area contributed by atoms with Crippen LogP contribution in [0.4, 0.5) is 0 Å². The fourth-order valence-corrected chi connectivity index (χ4v) is 2.12. The molecule has 0 aliphatic rings. The second-order valence-corrected chi connectivity index (χ2v) is 5.92. The highest BCUT2D eigenvalue weighted by Gasteiger charge is 2.26. The standard InChI is InChI=1S/C15H34N2O/c1-6-8-9-11-17(14(3)4)12-15(5,13-18)16-10-7-2/h14,16,18H,6-13H2,1-5H3. The maximum Gasteiger partial charge on any atom is 0.0623 e. The molecule has 0 aromatic rings. The van der Waals surface area contributed by atoms with Gasteiger partial charge in [0.25, 0.3) is 0 Å². The van der Waals surface area contributed by atoms with Gasteiger partial charge < -0.3 is 10.4 Å². The molecule has 0 radical (unpaired) electrons. The number of aliphatic hydroxyl groups is 1. The molecule has 0 saturated heterocycles. The lowest BCUT2D eigenvalue weighted by Crippen LogP contribution is -2.55. The lowest BCUT2D eigenvalue weighted by molar-refractivity contribution is 0.102. The zero-order valence-corrected chi connectivity index (χ0v) is 13.1. The Balaban J connectivity index is 4.33. The molecular formula is C15H34N2O. The van der Waals surface area contributed by atoms with Gasteiger partial charge in [0, 0.05) is 12.6 Å². The monoisotopic (exact) mass is 258 g/mol. The molecular weight excluding hydrogens is 224 g/mol. The van der Waals surface area contributed by atoms with Gasteiger partial charge in [-0.15, -0.1) is 0 Å². The molecule has 0 heterocycles. The third kappa shape index (κ3) is 7.34. The van der Waals surface area contributed by atoms with Crippen LogP contribution in [0.15, 0.2) is 0 Å². The van der Waals surface area contributed by atoms with Crippen LogP contribution in [-0.4, -0.2) is 47.8 Å². The van der Waals surface area contributed by atoms with E-state index in [4.69, 9.17) is 0 Å². The summed E-state index contributed by atoms with van der Waals surface area (Å²) in [5.74, 6) is 0. The van der Waals surface area contributed by atoms with Crippen LogP contribution in [0, 0.1) is 0 Å². The summed E-state index contributed by atoms with van der Waals surface area (Å²) in [6.07, 6.45) is 4.91. The minimum Gasteiger partial charge on any atom is -0.394 e. The predicted molar refractivity (Wildman–Crippen MR) is 80.0 cm³/mol. The van der Waals surface area contributed by atoms with E-state index >= 15 is 0 Å². The van der Waals surface area contributed by atoms with E-state index in [1.54, 1.807) is 0 Å². The van der Waals surface area contributed by atoms with E-state index in [0.29, 0.717) is 6.04 Å². The van der Waals surface area contributed by atoms with Crippen molar-refractivity contribution in [1.82, 2.24) is 10.2 Å². The Labute approximate surface area is 114 Å². The van der Waals surface area contributed by atoms with Gasteiger partial charge in [-0.1, -0.05) is 26.7 Å². The molecule has 0 amide bonds. The van der Waals surface area contributed by atoms with E-state index in [0.717, 1.165) is 26.1 Å². The van der Waals surface area contributed by atoms with Gasteiger partial charge in [0.2, 0.25) is 0 Å². The third-order valence-corrected chi connectivity index (χ3v) is 3.48. The van der Waals surface area contributed by atoms with Crippen molar-refractivity contribution in [3.63, 3.8) is 0 Å². The molecule has 2 N–H and O–H groups in total. The predicted octanol–water partition coefficient (Wildman–Crippen LogP) is 2.64. The maximum atomic E-state index is 9.63. The minimum atomic E-state index is -0.174. The number of rotatable bonds is 11. The normalized spacial score (nSPS) is 15.3. The van der Waals surface area contributed by atoms with Crippen molar-refractivity contribution >= 4 is 0 Å². The zero-order valence-electron chi connectivity index (χ0n) is 13.1. The molecule has 3 nitrogen and oxygen atoms in total. The summed E-state index contributed by atoms with van der Waals surface area (Å²) in [6, 6.07) is 0.538. The molecule has 0 bridgehead atoms. The zero-order chi connectivity index (χ0) is 14.0. The molecule has 0 aromatic carbocycles. The SMILES string of the molecule is CCCCCN(CC(C)(CO)NCCC)C(C)C. The fourth-order valence-electron chi connectivity index (χ4n) is 2.12. The van der Waals surface area contributed by atoms with Crippen molar-refractivity contribution in [2.45, 2.75) is 71.9 Å². The molecule has 1 atom stereocenters. The van der Waals surface area contributed by atoms with Crippen LogP contribution in [0.3, 0.4) is 0 Å². The first-order valence-electron chi connectivity index (χ1n) is 7.59. The van der Waals surface area contributed by atoms with Crippen LogP contribution in [-0.2, 0) is 0 Å². The van der Waals surface area contributed by atoms with E-state index in [-0.39, 0.29) is 12.1 Å². The molecule has 0 aromatic heterocycles. The second kappa shape index (κ2) is 9.76. The summed E-state index contributed by atoms with van der Waals surface area (Å²) in [7, 11) is 0. The molecule has 0 saturated carbocycles. The molecule has 0 aliphatic heterocycles. The van der Waals surface area contributed by atoms with Crippen molar-refractivity contribution in [1.29, 1.82) is 0 Å². The average molecular weight is 258 g/mol. The van der Waals surface area contributed by atoms with Crippen molar-refractivity contribution < 1.29 is 5.11 Å². The summed E-state index contributed by atoms with van der Waals surface area (Å²) in [5.41, 5.74) is -0.174. The van der Waals surface area contributed by atoms with Gasteiger partial charge in [0.15, 0.2) is 0 Å². The highest BCUT2D eigenvalue weighted by Crippen LogP contribution is 2.11. The number of unbranched alkanes of at least 4 members (excludes halogenated alkanes) is 2. The lowest BCUT2D eigenvalue weighted by Gasteiger charge is -2.37. The van der Waals surface area contributed by atoms with Crippen LogP contribution >= 0.6 is 0 Å². The summed E-state index contributed by atoms with van der Waals surface area (Å²) in [6.45, 7) is 14.2. The number of aliphatic hydroxyl groups excluding tert-OH is 1. The highest BCUT2D eigenvalue weighted by molar-refractivity contribution is 4.87. The molecule has 0 fully saturated rings. The topological polar surface area (TPSA) is 35.5 Å². The summed E-state index contributed by atoms with van der Waals surface area (Å²) < 4.78 is 0. The first kappa shape index (κ1) is 17.9. The number of hydrogen-bond acceptors (Lipinski definition) is 3.